The minimum Gasteiger partial charge on any atom is -0.375 e. The normalized spacial score (nSPS) is 14.3. The van der Waals surface area contributed by atoms with Crippen LogP contribution in [0.1, 0.15) is 129 Å². The largest absolute Gasteiger partial charge is 0.539 e. The Bertz CT molecular complexity index is 345. The van der Waals surface area contributed by atoms with Gasteiger partial charge >= 0.3 is 8.80 Å². The lowest BCUT2D eigenvalue weighted by Gasteiger charge is -2.38. The fourth-order valence-corrected chi connectivity index (χ4v) is 6.87. The highest BCUT2D eigenvalue weighted by molar-refractivity contribution is 6.63. The SMILES string of the molecule is CCCCCCCCCCCCCC(F)(CCCCCCC)[Si](OC)(OC)OC. The first-order valence-electron chi connectivity index (χ1n) is 12.4. The standard InChI is InChI=1S/C24H51FO3Si/c1-6-8-10-12-13-14-15-16-17-19-21-23-24(25,22-20-18-11-9-7-2)29(26-3,27-4)28-5/h6-23H2,1-5H3. The van der Waals surface area contributed by atoms with E-state index in [0.717, 1.165) is 25.7 Å². The number of halogens is 1. The molecular weight excluding hydrogens is 383 g/mol. The molecule has 0 saturated carbocycles. The van der Waals surface area contributed by atoms with Crippen molar-refractivity contribution in [3.8, 4) is 0 Å². The summed E-state index contributed by atoms with van der Waals surface area (Å²) < 4.78 is 32.7. The molecule has 0 amide bonds. The molecule has 1 unspecified atom stereocenters. The summed E-state index contributed by atoms with van der Waals surface area (Å²) >= 11 is 0. The van der Waals surface area contributed by atoms with Crippen molar-refractivity contribution in [3.63, 3.8) is 0 Å². The van der Waals surface area contributed by atoms with E-state index in [9.17, 15) is 0 Å². The number of hydrogen-bond acceptors (Lipinski definition) is 3. The Hall–Kier alpha value is 0.0269. The monoisotopic (exact) mass is 434 g/mol. The summed E-state index contributed by atoms with van der Waals surface area (Å²) in [5.41, 5.74) is 0. The van der Waals surface area contributed by atoms with Crippen LogP contribution in [0.3, 0.4) is 0 Å². The smallest absolute Gasteiger partial charge is 0.375 e. The molecule has 0 aliphatic carbocycles. The summed E-state index contributed by atoms with van der Waals surface area (Å²) in [5.74, 6) is 0. The van der Waals surface area contributed by atoms with Crippen LogP contribution in [0.15, 0.2) is 0 Å². The average Bonchev–Trinajstić information content (AvgIpc) is 2.73. The molecule has 0 aromatic heterocycles. The van der Waals surface area contributed by atoms with E-state index < -0.39 is 14.1 Å². The molecule has 0 N–H and O–H groups in total. The Labute approximate surface area is 182 Å². The van der Waals surface area contributed by atoms with Crippen LogP contribution in [0.4, 0.5) is 4.39 Å². The van der Waals surface area contributed by atoms with Gasteiger partial charge in [0.15, 0.2) is 5.29 Å². The highest BCUT2D eigenvalue weighted by atomic mass is 28.4. The number of hydrogen-bond donors (Lipinski definition) is 0. The van der Waals surface area contributed by atoms with E-state index in [2.05, 4.69) is 13.8 Å². The van der Waals surface area contributed by atoms with Gasteiger partial charge in [0.05, 0.1) is 0 Å². The molecule has 176 valence electrons. The van der Waals surface area contributed by atoms with Crippen LogP contribution in [0, 0.1) is 0 Å². The van der Waals surface area contributed by atoms with E-state index in [-0.39, 0.29) is 0 Å². The van der Waals surface area contributed by atoms with Crippen molar-refractivity contribution in [3.05, 3.63) is 0 Å². The summed E-state index contributed by atoms with van der Waals surface area (Å²) in [6.07, 6.45) is 20.4. The minimum absolute atomic E-state index is 0.482. The molecule has 29 heavy (non-hydrogen) atoms. The Balaban J connectivity index is 4.27. The van der Waals surface area contributed by atoms with Crippen LogP contribution >= 0.6 is 0 Å². The number of rotatable bonds is 22. The molecule has 0 heterocycles. The molecule has 0 fully saturated rings. The van der Waals surface area contributed by atoms with Crippen LogP contribution in [0.2, 0.25) is 0 Å². The van der Waals surface area contributed by atoms with Crippen molar-refractivity contribution in [2.75, 3.05) is 21.3 Å². The Kier molecular flexibility index (Phi) is 18.8. The van der Waals surface area contributed by atoms with Crippen molar-refractivity contribution >= 4 is 8.80 Å². The van der Waals surface area contributed by atoms with Crippen LogP contribution in [0.25, 0.3) is 0 Å². The van der Waals surface area contributed by atoms with E-state index in [1.807, 2.05) is 0 Å². The van der Waals surface area contributed by atoms with Gasteiger partial charge in [-0.3, -0.25) is 0 Å². The summed E-state index contributed by atoms with van der Waals surface area (Å²) in [6, 6.07) is 0. The van der Waals surface area contributed by atoms with Gasteiger partial charge in [-0.15, -0.1) is 0 Å². The first-order valence-corrected chi connectivity index (χ1v) is 14.1. The highest BCUT2D eigenvalue weighted by Crippen LogP contribution is 2.37. The molecule has 0 aromatic rings. The second-order valence-electron chi connectivity index (χ2n) is 8.58. The lowest BCUT2D eigenvalue weighted by molar-refractivity contribution is 0.0339. The summed E-state index contributed by atoms with van der Waals surface area (Å²) in [6.45, 7) is 4.46. The Morgan fingerprint density at radius 3 is 1.07 bits per heavy atom. The molecule has 0 radical (unpaired) electrons. The maximum atomic E-state index is 16.1. The van der Waals surface area contributed by atoms with E-state index in [0.29, 0.717) is 12.8 Å². The van der Waals surface area contributed by atoms with Crippen LogP contribution in [0.5, 0.6) is 0 Å². The van der Waals surface area contributed by atoms with Crippen molar-refractivity contribution in [2.24, 2.45) is 0 Å². The van der Waals surface area contributed by atoms with Crippen LogP contribution in [-0.4, -0.2) is 35.4 Å². The lowest BCUT2D eigenvalue weighted by atomic mass is 10.0. The van der Waals surface area contributed by atoms with Crippen LogP contribution in [-0.2, 0) is 13.3 Å². The Morgan fingerprint density at radius 2 is 0.793 bits per heavy atom. The molecule has 0 aromatic carbocycles. The van der Waals surface area contributed by atoms with E-state index in [1.54, 1.807) is 0 Å². The van der Waals surface area contributed by atoms with Gasteiger partial charge < -0.3 is 13.3 Å². The molecule has 0 aliphatic heterocycles. The molecule has 0 aliphatic rings. The van der Waals surface area contributed by atoms with Crippen molar-refractivity contribution in [1.29, 1.82) is 0 Å². The van der Waals surface area contributed by atoms with Crippen LogP contribution < -0.4 is 0 Å². The van der Waals surface area contributed by atoms with Gasteiger partial charge in [0.1, 0.15) is 0 Å². The van der Waals surface area contributed by atoms with Gasteiger partial charge in [0, 0.05) is 21.3 Å². The van der Waals surface area contributed by atoms with Crippen molar-refractivity contribution in [2.45, 2.75) is 135 Å². The van der Waals surface area contributed by atoms with Gasteiger partial charge in [-0.05, 0) is 12.8 Å². The zero-order valence-corrected chi connectivity index (χ0v) is 21.3. The summed E-state index contributed by atoms with van der Waals surface area (Å²) in [5, 5.41) is -1.48. The van der Waals surface area contributed by atoms with Crippen molar-refractivity contribution in [1.82, 2.24) is 0 Å². The zero-order valence-electron chi connectivity index (χ0n) is 20.3. The van der Waals surface area contributed by atoms with Gasteiger partial charge in [0.25, 0.3) is 0 Å². The molecule has 5 heteroatoms. The van der Waals surface area contributed by atoms with Gasteiger partial charge in [-0.1, -0.05) is 117 Å². The predicted octanol–water partition coefficient (Wildman–Crippen LogP) is 8.17. The molecule has 0 bridgehead atoms. The zero-order chi connectivity index (χ0) is 21.8. The molecule has 3 nitrogen and oxygen atoms in total. The third-order valence-electron chi connectivity index (χ3n) is 6.21. The fraction of sp³-hybridized carbons (Fsp3) is 1.00. The fourth-order valence-electron chi connectivity index (χ4n) is 4.31. The minimum atomic E-state index is -3.30. The molecule has 0 spiro atoms. The van der Waals surface area contributed by atoms with E-state index in [1.165, 1.54) is 98.4 Å². The maximum Gasteiger partial charge on any atom is 0.539 e. The predicted molar refractivity (Wildman–Crippen MR) is 125 cm³/mol. The van der Waals surface area contributed by atoms with Gasteiger partial charge in [-0.2, -0.15) is 0 Å². The third-order valence-corrected chi connectivity index (χ3v) is 9.42. The second kappa shape index (κ2) is 18.8. The van der Waals surface area contributed by atoms with Gasteiger partial charge in [0.2, 0.25) is 0 Å². The molecule has 1 atom stereocenters. The van der Waals surface area contributed by atoms with E-state index in [4.69, 9.17) is 13.3 Å². The number of unbranched alkanes of at least 4 members (excludes halogenated alkanes) is 14. The number of alkyl halides is 1. The molecule has 0 rings (SSSR count). The first-order chi connectivity index (χ1) is 14.1. The second-order valence-corrected chi connectivity index (χ2v) is 11.8. The Morgan fingerprint density at radius 1 is 0.517 bits per heavy atom. The van der Waals surface area contributed by atoms with E-state index >= 15 is 4.39 Å². The van der Waals surface area contributed by atoms with Crippen molar-refractivity contribution < 1.29 is 17.7 Å². The lowest BCUT2D eigenvalue weighted by Crippen LogP contribution is -2.61. The molecule has 0 saturated heterocycles. The summed E-state index contributed by atoms with van der Waals surface area (Å²) in [4.78, 5) is 0. The average molecular weight is 435 g/mol. The first kappa shape index (κ1) is 29.0. The third kappa shape index (κ3) is 11.8. The maximum absolute atomic E-state index is 16.1. The molecular formula is C24H51FO3Si. The highest BCUT2D eigenvalue weighted by Gasteiger charge is 2.60. The summed E-state index contributed by atoms with van der Waals surface area (Å²) in [7, 11) is 1.30. The quantitative estimate of drug-likeness (QED) is 0.127. The van der Waals surface area contributed by atoms with Gasteiger partial charge in [-0.25, -0.2) is 4.39 Å². The topological polar surface area (TPSA) is 27.7 Å².